The average Bonchev–Trinajstić information content (AvgIpc) is 3.44. The third-order valence-corrected chi connectivity index (χ3v) is 7.63. The molecule has 0 saturated heterocycles. The minimum Gasteiger partial charge on any atom is -0.396 e. The van der Waals surface area contributed by atoms with Crippen LogP contribution in [0.4, 0.5) is 0 Å². The van der Waals surface area contributed by atoms with Crippen molar-refractivity contribution in [2.24, 2.45) is 11.3 Å². The van der Waals surface area contributed by atoms with E-state index in [4.69, 9.17) is 4.74 Å². The lowest BCUT2D eigenvalue weighted by molar-refractivity contribution is -0.135. The van der Waals surface area contributed by atoms with Crippen molar-refractivity contribution in [3.63, 3.8) is 0 Å². The molecule has 0 spiro atoms. The molecule has 35 heavy (non-hydrogen) atoms. The van der Waals surface area contributed by atoms with Crippen LogP contribution in [-0.2, 0) is 22.4 Å². The zero-order valence-corrected chi connectivity index (χ0v) is 22.6. The normalized spacial score (nSPS) is 17.3. The summed E-state index contributed by atoms with van der Waals surface area (Å²) in [6, 6.07) is 2.18. The number of ether oxygens (including phenoxy) is 1. The van der Waals surface area contributed by atoms with Crippen molar-refractivity contribution in [3.05, 3.63) is 34.7 Å². The summed E-state index contributed by atoms with van der Waals surface area (Å²) in [5.74, 6) is 0.147. The molecule has 7 heteroatoms. The Bertz CT molecular complexity index is 1020. The number of nitrogens with one attached hydrogen (secondary N) is 2. The Morgan fingerprint density at radius 2 is 2.11 bits per heavy atom. The van der Waals surface area contributed by atoms with E-state index in [0.717, 1.165) is 66.9 Å². The molecule has 3 atom stereocenters. The first-order valence-corrected chi connectivity index (χ1v) is 12.9. The molecule has 0 aromatic carbocycles. The van der Waals surface area contributed by atoms with Crippen LogP contribution in [-0.4, -0.2) is 64.0 Å². The summed E-state index contributed by atoms with van der Waals surface area (Å²) < 4.78 is 5.47. The summed E-state index contributed by atoms with van der Waals surface area (Å²) >= 11 is 0. The second-order valence-corrected chi connectivity index (χ2v) is 10.9. The molecule has 2 aromatic heterocycles. The maximum atomic E-state index is 13.1. The molecule has 0 aliphatic heterocycles. The summed E-state index contributed by atoms with van der Waals surface area (Å²) in [5.41, 5.74) is 6.35. The van der Waals surface area contributed by atoms with Gasteiger partial charge in [0.25, 0.3) is 0 Å². The highest BCUT2D eigenvalue weighted by Gasteiger charge is 2.27. The number of hydrogen-bond donors (Lipinski definition) is 3. The lowest BCUT2D eigenvalue weighted by Gasteiger charge is -2.30. The van der Waals surface area contributed by atoms with Crippen LogP contribution < -0.4 is 0 Å². The van der Waals surface area contributed by atoms with Gasteiger partial charge in [0.1, 0.15) is 5.69 Å². The third kappa shape index (κ3) is 6.44. The standard InChI is InChI=1S/C28H44N4O3/c1-8-22(35-7)12-9-18(2)27(34)32(6)21-11-10-20-15-25(29-24(20)16-21)26-23(19(3)30-31-26)13-14-28(4,5)17-33/h10-11,15,18,21-22,29,33H,8-9,12-14,16-17H2,1-7H3,(H,30,31)/t18-,21?,22+/m0/s1. The molecular weight excluding hydrogens is 440 g/mol. The number of likely N-dealkylation sites (N-methyl/N-ethyl adjacent to an activating group) is 1. The minimum absolute atomic E-state index is 0.0269. The predicted octanol–water partition coefficient (Wildman–Crippen LogP) is 4.90. The van der Waals surface area contributed by atoms with Crippen LogP contribution in [0.15, 0.2) is 12.1 Å². The van der Waals surface area contributed by atoms with Crippen LogP contribution in [0.25, 0.3) is 17.5 Å². The van der Waals surface area contributed by atoms with Gasteiger partial charge in [0.2, 0.25) is 5.91 Å². The van der Waals surface area contributed by atoms with Crippen molar-refractivity contribution in [1.82, 2.24) is 20.1 Å². The number of aromatic nitrogens is 3. The fourth-order valence-electron chi connectivity index (χ4n) is 4.80. The molecule has 1 aliphatic rings. The highest BCUT2D eigenvalue weighted by atomic mass is 16.5. The summed E-state index contributed by atoms with van der Waals surface area (Å²) in [7, 11) is 3.65. The van der Waals surface area contributed by atoms with Crippen molar-refractivity contribution in [3.8, 4) is 11.4 Å². The summed E-state index contributed by atoms with van der Waals surface area (Å²) in [6.07, 6.45) is 9.66. The summed E-state index contributed by atoms with van der Waals surface area (Å²) in [5, 5.41) is 17.4. The number of rotatable bonds is 12. The Balaban J connectivity index is 1.69. The van der Waals surface area contributed by atoms with Crippen molar-refractivity contribution in [1.29, 1.82) is 0 Å². The first-order chi connectivity index (χ1) is 16.6. The second-order valence-electron chi connectivity index (χ2n) is 10.9. The largest absolute Gasteiger partial charge is 0.396 e. The number of aromatic amines is 2. The Labute approximate surface area is 210 Å². The number of fused-ring (bicyclic) bond motifs is 1. The first-order valence-electron chi connectivity index (χ1n) is 12.9. The van der Waals surface area contributed by atoms with Gasteiger partial charge in [-0.1, -0.05) is 39.8 Å². The second kappa shape index (κ2) is 11.6. The number of hydrogen-bond acceptors (Lipinski definition) is 4. The molecular formula is C28H44N4O3. The summed E-state index contributed by atoms with van der Waals surface area (Å²) in [4.78, 5) is 18.6. The van der Waals surface area contributed by atoms with Gasteiger partial charge in [-0.25, -0.2) is 0 Å². The molecule has 194 valence electrons. The van der Waals surface area contributed by atoms with Gasteiger partial charge in [-0.15, -0.1) is 0 Å². The van der Waals surface area contributed by atoms with E-state index in [1.165, 1.54) is 5.56 Å². The Kier molecular flexibility index (Phi) is 9.00. The van der Waals surface area contributed by atoms with Crippen molar-refractivity contribution >= 4 is 12.0 Å². The van der Waals surface area contributed by atoms with Gasteiger partial charge in [-0.2, -0.15) is 5.10 Å². The van der Waals surface area contributed by atoms with Gasteiger partial charge in [0, 0.05) is 50.1 Å². The molecule has 1 aliphatic carbocycles. The Hall–Kier alpha value is -2.38. The molecule has 0 radical (unpaired) electrons. The number of nitrogens with zero attached hydrogens (tertiary/aromatic N) is 2. The van der Waals surface area contributed by atoms with E-state index >= 15 is 0 Å². The molecule has 7 nitrogen and oxygen atoms in total. The van der Waals surface area contributed by atoms with E-state index in [0.29, 0.717) is 0 Å². The zero-order valence-electron chi connectivity index (χ0n) is 22.6. The molecule has 0 saturated carbocycles. The van der Waals surface area contributed by atoms with Crippen LogP contribution in [0.1, 0.15) is 75.9 Å². The van der Waals surface area contributed by atoms with E-state index in [2.05, 4.69) is 54.2 Å². The van der Waals surface area contributed by atoms with Crippen molar-refractivity contribution in [2.75, 3.05) is 20.8 Å². The van der Waals surface area contributed by atoms with Gasteiger partial charge < -0.3 is 19.7 Å². The van der Waals surface area contributed by atoms with Crippen molar-refractivity contribution in [2.45, 2.75) is 85.3 Å². The fraction of sp³-hybridized carbons (Fsp3) is 0.643. The highest BCUT2D eigenvalue weighted by Crippen LogP contribution is 2.32. The summed E-state index contributed by atoms with van der Waals surface area (Å²) in [6.45, 7) is 10.5. The lowest BCUT2D eigenvalue weighted by Crippen LogP contribution is -2.41. The predicted molar refractivity (Wildman–Crippen MR) is 141 cm³/mol. The number of carbonyl (C=O) groups excluding carboxylic acids is 1. The van der Waals surface area contributed by atoms with E-state index in [-0.39, 0.29) is 36.0 Å². The number of aliphatic hydroxyl groups excluding tert-OH is 1. The molecule has 2 heterocycles. The van der Waals surface area contributed by atoms with Crippen LogP contribution in [0.2, 0.25) is 0 Å². The Morgan fingerprint density at radius 1 is 1.37 bits per heavy atom. The van der Waals surface area contributed by atoms with Crippen molar-refractivity contribution < 1.29 is 14.6 Å². The van der Waals surface area contributed by atoms with Crippen LogP contribution in [0.5, 0.6) is 0 Å². The number of amides is 1. The maximum Gasteiger partial charge on any atom is 0.225 e. The van der Waals surface area contributed by atoms with E-state index in [1.54, 1.807) is 7.11 Å². The van der Waals surface area contributed by atoms with E-state index in [1.807, 2.05) is 25.8 Å². The maximum absolute atomic E-state index is 13.1. The molecule has 2 aromatic rings. The molecule has 1 amide bonds. The van der Waals surface area contributed by atoms with Crippen LogP contribution in [0.3, 0.4) is 0 Å². The molecule has 3 N–H and O–H groups in total. The number of methoxy groups -OCH3 is 1. The zero-order chi connectivity index (χ0) is 25.8. The number of H-pyrrole nitrogens is 2. The van der Waals surface area contributed by atoms with E-state index < -0.39 is 0 Å². The smallest absolute Gasteiger partial charge is 0.225 e. The molecule has 3 rings (SSSR count). The quantitative estimate of drug-likeness (QED) is 0.399. The average molecular weight is 485 g/mol. The Morgan fingerprint density at radius 3 is 2.77 bits per heavy atom. The van der Waals surface area contributed by atoms with Gasteiger partial charge in [0.15, 0.2) is 0 Å². The van der Waals surface area contributed by atoms with Gasteiger partial charge >= 0.3 is 0 Å². The molecule has 0 fully saturated rings. The van der Waals surface area contributed by atoms with Gasteiger partial charge in [-0.05, 0) is 56.1 Å². The van der Waals surface area contributed by atoms with E-state index in [9.17, 15) is 9.90 Å². The minimum atomic E-state index is -0.124. The molecule has 0 bridgehead atoms. The molecule has 1 unspecified atom stereocenters. The number of carbonyl (C=O) groups is 1. The van der Waals surface area contributed by atoms with Crippen LogP contribution in [0, 0.1) is 18.3 Å². The van der Waals surface area contributed by atoms with Gasteiger partial charge in [-0.3, -0.25) is 9.89 Å². The fourth-order valence-corrected chi connectivity index (χ4v) is 4.80. The highest BCUT2D eigenvalue weighted by molar-refractivity contribution is 5.79. The van der Waals surface area contributed by atoms with Crippen LogP contribution >= 0.6 is 0 Å². The SMILES string of the molecule is CC[C@H](CC[C@H](C)C(=O)N(C)C1C=Cc2cc(-c3n[nH]c(C)c3CCC(C)(C)CO)[nH]c2C1)OC. The number of aryl methyl sites for hydroxylation is 1. The third-order valence-electron chi connectivity index (χ3n) is 7.63. The monoisotopic (exact) mass is 484 g/mol. The lowest BCUT2D eigenvalue weighted by atomic mass is 9.86. The first kappa shape index (κ1) is 27.2. The van der Waals surface area contributed by atoms with Gasteiger partial charge in [0.05, 0.1) is 17.8 Å². The number of aliphatic hydroxyl groups is 1. The topological polar surface area (TPSA) is 94.2 Å².